The fraction of sp³-hybridized carbons (Fsp3) is 0.625. The molecule has 0 saturated carbocycles. The minimum atomic E-state index is -0.0169. The van der Waals surface area contributed by atoms with Gasteiger partial charge in [0, 0.05) is 39.8 Å². The molecule has 0 fully saturated rings. The largest absolute Gasteiger partial charge is 0.469 e. The molecule has 0 aliphatic carbocycles. The molecule has 0 saturated heterocycles. The smallest absolute Gasteiger partial charge is 0.243 e. The third-order valence-corrected chi connectivity index (χ3v) is 3.27. The Bertz CT molecular complexity index is 512. The van der Waals surface area contributed by atoms with Gasteiger partial charge in [0.1, 0.15) is 12.3 Å². The van der Waals surface area contributed by atoms with E-state index in [-0.39, 0.29) is 36.4 Å². The fourth-order valence-corrected chi connectivity index (χ4v) is 1.80. The lowest BCUT2D eigenvalue weighted by molar-refractivity contribution is -0.127. The van der Waals surface area contributed by atoms with Gasteiger partial charge >= 0.3 is 0 Å². The number of carbonyl (C=O) groups is 1. The van der Waals surface area contributed by atoms with Gasteiger partial charge in [0.15, 0.2) is 5.96 Å². The van der Waals surface area contributed by atoms with Gasteiger partial charge in [-0.1, -0.05) is 13.8 Å². The number of hydrogen-bond acceptors (Lipinski definition) is 3. The zero-order valence-electron chi connectivity index (χ0n) is 14.9. The van der Waals surface area contributed by atoms with Gasteiger partial charge < -0.3 is 19.5 Å². The highest BCUT2D eigenvalue weighted by molar-refractivity contribution is 14.0. The monoisotopic (exact) mass is 436 g/mol. The first-order valence-electron chi connectivity index (χ1n) is 7.53. The molecule has 0 aliphatic heterocycles. The Morgan fingerprint density at radius 1 is 1.35 bits per heavy atom. The summed E-state index contributed by atoms with van der Waals surface area (Å²) in [6.07, 6.45) is 1.69. The Kier molecular flexibility index (Phi) is 9.94. The fourth-order valence-electron chi connectivity index (χ4n) is 1.80. The number of aliphatic imine (C=N–C) groups is 1. The van der Waals surface area contributed by atoms with Gasteiger partial charge in [0.25, 0.3) is 0 Å². The van der Waals surface area contributed by atoms with Gasteiger partial charge in [-0.15, -0.1) is 24.0 Å². The van der Waals surface area contributed by atoms with Crippen LogP contribution in [-0.2, 0) is 11.3 Å². The molecule has 132 valence electrons. The summed E-state index contributed by atoms with van der Waals surface area (Å²) in [6, 6.07) is 1.96. The van der Waals surface area contributed by atoms with Crippen molar-refractivity contribution >= 4 is 35.8 Å². The summed E-state index contributed by atoms with van der Waals surface area (Å²) < 4.78 is 5.33. The predicted molar refractivity (Wildman–Crippen MR) is 104 cm³/mol. The van der Waals surface area contributed by atoms with Crippen molar-refractivity contribution in [1.29, 1.82) is 0 Å². The normalized spacial score (nSPS) is 11.2. The molecule has 1 aromatic heterocycles. The van der Waals surface area contributed by atoms with E-state index in [0.29, 0.717) is 12.5 Å². The average Bonchev–Trinajstić information content (AvgIpc) is 2.83. The van der Waals surface area contributed by atoms with Gasteiger partial charge in [0.05, 0.1) is 6.26 Å². The minimum Gasteiger partial charge on any atom is -0.469 e. The first kappa shape index (κ1) is 21.8. The molecule has 6 nitrogen and oxygen atoms in total. The molecule has 1 N–H and O–H groups in total. The highest BCUT2D eigenvalue weighted by atomic mass is 127. The molecule has 0 bridgehead atoms. The summed E-state index contributed by atoms with van der Waals surface area (Å²) in [6.45, 7) is 7.84. The van der Waals surface area contributed by atoms with Crippen molar-refractivity contribution in [3.05, 3.63) is 23.7 Å². The molecule has 0 aromatic carbocycles. The molecule has 0 atom stereocenters. The third kappa shape index (κ3) is 7.71. The first-order valence-corrected chi connectivity index (χ1v) is 7.53. The lowest BCUT2D eigenvalue weighted by Crippen LogP contribution is -2.41. The van der Waals surface area contributed by atoms with E-state index in [0.717, 1.165) is 23.8 Å². The summed E-state index contributed by atoms with van der Waals surface area (Å²) in [5.41, 5.74) is 1.11. The Labute approximate surface area is 156 Å². The number of carbonyl (C=O) groups excluding carboxylic acids is 1. The number of nitrogens with one attached hydrogen (secondary N) is 1. The van der Waals surface area contributed by atoms with Crippen molar-refractivity contribution in [3.63, 3.8) is 0 Å². The van der Waals surface area contributed by atoms with Gasteiger partial charge in [-0.3, -0.25) is 4.79 Å². The molecular formula is C16H29IN4O2. The van der Waals surface area contributed by atoms with Crippen LogP contribution in [0.2, 0.25) is 0 Å². The molecule has 1 rings (SSSR count). The summed E-state index contributed by atoms with van der Waals surface area (Å²) in [4.78, 5) is 19.7. The summed E-state index contributed by atoms with van der Waals surface area (Å²) >= 11 is 0. The molecule has 0 unspecified atom stereocenters. The number of amides is 1. The van der Waals surface area contributed by atoms with Crippen molar-refractivity contribution in [2.45, 2.75) is 27.3 Å². The molecule has 1 amide bonds. The highest BCUT2D eigenvalue weighted by Gasteiger charge is 2.12. The number of likely N-dealkylation sites (N-methyl/N-ethyl adjacent to an activating group) is 1. The lowest BCUT2D eigenvalue weighted by Gasteiger charge is -2.23. The summed E-state index contributed by atoms with van der Waals surface area (Å²) in [7, 11) is 5.42. The van der Waals surface area contributed by atoms with E-state index in [2.05, 4.69) is 24.2 Å². The van der Waals surface area contributed by atoms with Crippen molar-refractivity contribution in [2.24, 2.45) is 10.9 Å². The van der Waals surface area contributed by atoms with Gasteiger partial charge in [-0.25, -0.2) is 4.99 Å². The van der Waals surface area contributed by atoms with Gasteiger partial charge in [-0.05, 0) is 18.9 Å². The molecule has 0 aliphatic rings. The minimum absolute atomic E-state index is 0. The number of rotatable bonds is 6. The Balaban J connectivity index is 0.00000484. The number of furan rings is 1. The number of hydrogen-bond donors (Lipinski definition) is 1. The molecule has 0 radical (unpaired) electrons. The van der Waals surface area contributed by atoms with E-state index in [1.807, 2.05) is 24.9 Å². The number of aryl methyl sites for hydroxylation is 1. The lowest BCUT2D eigenvalue weighted by atomic mass is 10.2. The highest BCUT2D eigenvalue weighted by Crippen LogP contribution is 2.11. The topological polar surface area (TPSA) is 61.1 Å². The van der Waals surface area contributed by atoms with E-state index in [1.54, 1.807) is 25.3 Å². The van der Waals surface area contributed by atoms with Crippen molar-refractivity contribution in [2.75, 3.05) is 34.2 Å². The van der Waals surface area contributed by atoms with Crippen LogP contribution in [0.3, 0.4) is 0 Å². The maximum Gasteiger partial charge on any atom is 0.243 e. The van der Waals surface area contributed by atoms with Crippen LogP contribution in [0.15, 0.2) is 21.7 Å². The second-order valence-corrected chi connectivity index (χ2v) is 6.06. The molecule has 7 heteroatoms. The Morgan fingerprint density at radius 2 is 2.00 bits per heavy atom. The van der Waals surface area contributed by atoms with Crippen LogP contribution >= 0.6 is 24.0 Å². The van der Waals surface area contributed by atoms with Crippen LogP contribution in [0.4, 0.5) is 0 Å². The maximum absolute atomic E-state index is 11.7. The Morgan fingerprint density at radius 3 is 2.48 bits per heavy atom. The van der Waals surface area contributed by atoms with Crippen molar-refractivity contribution < 1.29 is 9.21 Å². The van der Waals surface area contributed by atoms with Crippen LogP contribution < -0.4 is 5.32 Å². The zero-order chi connectivity index (χ0) is 16.7. The van der Waals surface area contributed by atoms with E-state index in [4.69, 9.17) is 4.42 Å². The summed E-state index contributed by atoms with van der Waals surface area (Å²) in [5.74, 6) is 2.11. The Hall–Kier alpha value is -1.25. The number of nitrogens with zero attached hydrogens (tertiary/aromatic N) is 3. The molecular weight excluding hydrogens is 407 g/mol. The van der Waals surface area contributed by atoms with Gasteiger partial charge in [0.2, 0.25) is 5.91 Å². The van der Waals surface area contributed by atoms with Crippen molar-refractivity contribution in [1.82, 2.24) is 15.1 Å². The maximum atomic E-state index is 11.7. The molecule has 1 heterocycles. The SMILES string of the molecule is Cc1occc1CN(C)C(=NCC(=O)N(C)C)NCC(C)C.I. The standard InChI is InChI=1S/C16H28N4O2.HI/c1-12(2)9-17-16(18-10-15(21)19(4)5)20(6)11-14-7-8-22-13(14)3;/h7-8,12H,9-11H2,1-6H3,(H,17,18);1H. The van der Waals surface area contributed by atoms with E-state index in [9.17, 15) is 4.79 Å². The second kappa shape index (κ2) is 10.5. The number of guanidine groups is 1. The van der Waals surface area contributed by atoms with Crippen LogP contribution in [0.1, 0.15) is 25.2 Å². The van der Waals surface area contributed by atoms with Crippen LogP contribution in [0, 0.1) is 12.8 Å². The molecule has 1 aromatic rings. The molecule has 23 heavy (non-hydrogen) atoms. The van der Waals surface area contributed by atoms with Crippen LogP contribution in [-0.4, -0.2) is 55.9 Å². The average molecular weight is 436 g/mol. The quantitative estimate of drug-likeness (QED) is 0.423. The van der Waals surface area contributed by atoms with Crippen molar-refractivity contribution in [3.8, 4) is 0 Å². The first-order chi connectivity index (χ1) is 10.3. The zero-order valence-corrected chi connectivity index (χ0v) is 17.3. The second-order valence-electron chi connectivity index (χ2n) is 6.06. The van der Waals surface area contributed by atoms with Crippen LogP contribution in [0.25, 0.3) is 0 Å². The van der Waals surface area contributed by atoms with E-state index < -0.39 is 0 Å². The molecule has 0 spiro atoms. The van der Waals surface area contributed by atoms with Gasteiger partial charge in [-0.2, -0.15) is 0 Å². The van der Waals surface area contributed by atoms with E-state index >= 15 is 0 Å². The van der Waals surface area contributed by atoms with Crippen LogP contribution in [0.5, 0.6) is 0 Å². The predicted octanol–water partition coefficient (Wildman–Crippen LogP) is 2.33. The van der Waals surface area contributed by atoms with E-state index in [1.165, 1.54) is 0 Å². The number of halogens is 1. The summed E-state index contributed by atoms with van der Waals surface area (Å²) in [5, 5.41) is 3.32. The third-order valence-electron chi connectivity index (χ3n) is 3.27.